The highest BCUT2D eigenvalue weighted by molar-refractivity contribution is 7.92. The summed E-state index contributed by atoms with van der Waals surface area (Å²) in [6.07, 6.45) is 8.01. The Morgan fingerprint density at radius 2 is 0.506 bits per heavy atom. The summed E-state index contributed by atoms with van der Waals surface area (Å²) in [5.74, 6) is 0. The van der Waals surface area contributed by atoms with Gasteiger partial charge in [-0.1, -0.05) is 121 Å². The average Bonchev–Trinajstić information content (AvgIpc) is 2.77. The van der Waals surface area contributed by atoms with Crippen LogP contribution in [0.25, 0.3) is 34.5 Å². The minimum absolute atomic E-state index is 0.142. The largest absolute Gasteiger partial charge is 0.311 e. The van der Waals surface area contributed by atoms with E-state index in [-0.39, 0.29) is 39.2 Å². The van der Waals surface area contributed by atoms with Crippen LogP contribution in [-0.4, -0.2) is 38.7 Å². The van der Waals surface area contributed by atoms with Crippen molar-refractivity contribution in [2.24, 2.45) is 0 Å². The Morgan fingerprint density at radius 1 is 0.264 bits per heavy atom. The Hall–Kier alpha value is -9.81. The zero-order valence-corrected chi connectivity index (χ0v) is 50.2. The molecule has 0 aliphatic carbocycles. The number of hydrogen-bond donors (Lipinski definition) is 0. The van der Waals surface area contributed by atoms with Gasteiger partial charge in [0.05, 0.1) is 49.4 Å². The summed E-state index contributed by atoms with van der Waals surface area (Å²) in [5, 5.41) is 0.813. The summed E-state index contributed by atoms with van der Waals surface area (Å²) in [6.45, 7) is 0. The lowest BCUT2D eigenvalue weighted by molar-refractivity contribution is 0.594. The second kappa shape index (κ2) is 24.3. The van der Waals surface area contributed by atoms with Crippen LogP contribution in [-0.2, 0) is 39.3 Å². The minimum Gasteiger partial charge on any atom is -0.311 e. The van der Waals surface area contributed by atoms with Gasteiger partial charge in [0.1, 0.15) is 5.01 Å². The van der Waals surface area contributed by atoms with Gasteiger partial charge in [-0.2, -0.15) is 0 Å². The van der Waals surface area contributed by atoms with Crippen LogP contribution in [0.3, 0.4) is 0 Å². The predicted molar refractivity (Wildman–Crippen MR) is 347 cm³/mol. The van der Waals surface area contributed by atoms with E-state index in [4.69, 9.17) is 4.98 Å². The van der Waals surface area contributed by atoms with Gasteiger partial charge in [0.15, 0.2) is 0 Å². The van der Waals surface area contributed by atoms with Crippen molar-refractivity contribution in [1.29, 1.82) is 0 Å². The monoisotopic (exact) mass is 1230 g/mol. The molecule has 0 aliphatic heterocycles. The fourth-order valence-corrected chi connectivity index (χ4v) is 15.9. The first kappa shape index (κ1) is 57.6. The normalized spacial score (nSPS) is 12.2. The summed E-state index contributed by atoms with van der Waals surface area (Å²) in [7, 11) is -15.1. The van der Waals surface area contributed by atoms with Gasteiger partial charge < -0.3 is 9.80 Å². The molecule has 16 heteroatoms. The van der Waals surface area contributed by atoms with Crippen molar-refractivity contribution < 1.29 is 33.7 Å². The molecular weight excluding hydrogens is 1180 g/mol. The topological polar surface area (TPSA) is 156 Å². The molecular formula is C71H51N3O8S5. The first-order chi connectivity index (χ1) is 42.1. The molecule has 0 atom stereocenters. The third-order valence-corrected chi connectivity index (χ3v) is 22.6. The van der Waals surface area contributed by atoms with E-state index in [9.17, 15) is 33.7 Å². The molecule has 0 N–H and O–H groups in total. The maximum absolute atomic E-state index is 13.5. The van der Waals surface area contributed by atoms with Gasteiger partial charge in [0, 0.05) is 34.1 Å². The molecule has 0 saturated carbocycles. The van der Waals surface area contributed by atoms with E-state index in [2.05, 4.69) is 6.07 Å². The van der Waals surface area contributed by atoms with Crippen molar-refractivity contribution in [2.45, 2.75) is 39.2 Å². The van der Waals surface area contributed by atoms with Gasteiger partial charge in [-0.15, -0.1) is 11.3 Å². The van der Waals surface area contributed by atoms with Crippen molar-refractivity contribution in [3.63, 3.8) is 0 Å². The summed E-state index contributed by atoms with van der Waals surface area (Å²) in [6, 6.07) is 81.4. The van der Waals surface area contributed by atoms with Gasteiger partial charge >= 0.3 is 0 Å². The zero-order chi connectivity index (χ0) is 60.2. The van der Waals surface area contributed by atoms with E-state index in [1.807, 2.05) is 94.8 Å². The van der Waals surface area contributed by atoms with Crippen molar-refractivity contribution in [3.8, 4) is 0 Å². The van der Waals surface area contributed by atoms with Gasteiger partial charge in [-0.3, -0.25) is 0 Å². The fourth-order valence-electron chi connectivity index (χ4n) is 9.90. The molecule has 428 valence electrons. The van der Waals surface area contributed by atoms with Crippen LogP contribution < -0.4 is 9.80 Å². The fraction of sp³-hybridized carbons (Fsp3) is 0. The maximum atomic E-state index is 13.5. The maximum Gasteiger partial charge on any atom is 0.206 e. The Bertz CT molecular complexity index is 4450. The van der Waals surface area contributed by atoms with Crippen molar-refractivity contribution in [2.75, 3.05) is 9.80 Å². The van der Waals surface area contributed by atoms with E-state index >= 15 is 0 Å². The molecule has 1 heterocycles. The molecule has 11 aromatic carbocycles. The van der Waals surface area contributed by atoms with Crippen LogP contribution in [0.2, 0.25) is 0 Å². The quantitative estimate of drug-likeness (QED) is 0.0754. The van der Waals surface area contributed by atoms with Crippen molar-refractivity contribution in [3.05, 3.63) is 307 Å². The molecule has 12 aromatic rings. The number of benzene rings is 11. The van der Waals surface area contributed by atoms with E-state index in [0.717, 1.165) is 43.3 Å². The van der Waals surface area contributed by atoms with Crippen LogP contribution in [0, 0.1) is 0 Å². The van der Waals surface area contributed by atoms with Crippen LogP contribution in [0.1, 0.15) is 21.7 Å². The number of thiazole rings is 1. The number of hydrogen-bond acceptors (Lipinski definition) is 12. The lowest BCUT2D eigenvalue weighted by atomic mass is 10.1. The molecule has 0 spiro atoms. The Balaban J connectivity index is 0.769. The highest BCUT2D eigenvalue weighted by Gasteiger charge is 2.24. The first-order valence-corrected chi connectivity index (χ1v) is 34.0. The highest BCUT2D eigenvalue weighted by Crippen LogP contribution is 2.39. The molecule has 11 nitrogen and oxygen atoms in total. The highest BCUT2D eigenvalue weighted by atomic mass is 32.2. The second-order valence-corrected chi connectivity index (χ2v) is 28.9. The molecule has 0 unspecified atom stereocenters. The summed E-state index contributed by atoms with van der Waals surface area (Å²) in [4.78, 5) is 10.1. The number of nitrogens with zero attached hydrogens (tertiary/aromatic N) is 3. The zero-order valence-electron chi connectivity index (χ0n) is 46.1. The number of fused-ring (bicyclic) bond motifs is 1. The van der Waals surface area contributed by atoms with Gasteiger partial charge in [-0.25, -0.2) is 38.7 Å². The van der Waals surface area contributed by atoms with Crippen LogP contribution in [0.4, 0.5) is 34.1 Å². The lowest BCUT2D eigenvalue weighted by Gasteiger charge is -2.26. The van der Waals surface area contributed by atoms with Gasteiger partial charge in [-0.05, 0) is 205 Å². The molecule has 0 amide bonds. The van der Waals surface area contributed by atoms with E-state index in [1.54, 1.807) is 230 Å². The van der Waals surface area contributed by atoms with Crippen molar-refractivity contribution in [1.82, 2.24) is 4.98 Å². The molecule has 87 heavy (non-hydrogen) atoms. The van der Waals surface area contributed by atoms with E-state index in [1.165, 1.54) is 0 Å². The third-order valence-electron chi connectivity index (χ3n) is 14.5. The molecule has 0 radical (unpaired) electrons. The Kier molecular flexibility index (Phi) is 16.1. The summed E-state index contributed by atoms with van der Waals surface area (Å²) < 4.78 is 109. The minimum atomic E-state index is -3.78. The van der Waals surface area contributed by atoms with Crippen LogP contribution >= 0.6 is 11.3 Å². The molecule has 0 fully saturated rings. The number of rotatable bonds is 18. The number of sulfone groups is 4. The van der Waals surface area contributed by atoms with Crippen LogP contribution in [0.5, 0.6) is 0 Å². The summed E-state index contributed by atoms with van der Waals surface area (Å²) >= 11 is 1.56. The lowest BCUT2D eigenvalue weighted by Crippen LogP contribution is -2.11. The molecule has 0 aliphatic rings. The van der Waals surface area contributed by atoms with Crippen LogP contribution in [0.15, 0.2) is 324 Å². The standard InChI is InChI=1S/C71H51N3O8S5/c75-84(76,61-13-5-1-6-14-61)65-41-33-57(34-42-65)73(58-35-43-66(44-36-58)85(77,78)62-15-7-2-8-16-62)55-29-23-52(24-30-55)21-22-54-27-49-69-70(51-54)83-71(72-69)50-28-53-25-31-56(32-26-53)74(59-37-45-67(46-38-59)86(79,80)63-17-9-3-10-18-63)60-39-47-68(48-40-60)87(81,82)64-19-11-4-12-20-64/h1-51H. The van der Waals surface area contributed by atoms with Gasteiger partial charge in [0.25, 0.3) is 0 Å². The first-order valence-electron chi connectivity index (χ1n) is 27.3. The SMILES string of the molecule is O=S(=O)(c1ccccc1)c1ccc(N(c2ccc(C=Cc3ccc4nc(C=Cc5ccc(N(c6ccc(S(=O)(=O)c7ccccc7)cc6)c6ccc(S(=O)(=O)c7ccccc7)cc6)cc5)sc4c3)cc2)c2ccc(S(=O)(=O)c3ccccc3)cc2)cc1. The third kappa shape index (κ3) is 12.2. The second-order valence-electron chi connectivity index (χ2n) is 20.0. The van der Waals surface area contributed by atoms with Gasteiger partial charge in [0.2, 0.25) is 39.3 Å². The molecule has 1 aromatic heterocycles. The van der Waals surface area contributed by atoms with Crippen molar-refractivity contribution >= 4 is 119 Å². The van der Waals surface area contributed by atoms with E-state index < -0.39 is 39.3 Å². The number of anilines is 6. The predicted octanol–water partition coefficient (Wildman–Crippen LogP) is 16.9. The smallest absolute Gasteiger partial charge is 0.206 e. The Labute approximate surface area is 510 Å². The molecule has 0 bridgehead atoms. The number of aromatic nitrogens is 1. The van der Waals surface area contributed by atoms with E-state index in [0.29, 0.717) is 22.7 Å². The molecule has 0 saturated heterocycles. The Morgan fingerprint density at radius 3 is 0.805 bits per heavy atom. The molecule has 12 rings (SSSR count). The average molecular weight is 1230 g/mol. The summed E-state index contributed by atoms with van der Waals surface area (Å²) in [5.41, 5.74) is 7.83.